The van der Waals surface area contributed by atoms with Crippen LogP contribution in [0.25, 0.3) is 5.69 Å². The summed E-state index contributed by atoms with van der Waals surface area (Å²) in [6.45, 7) is 1.49. The van der Waals surface area contributed by atoms with Crippen LogP contribution in [0.2, 0.25) is 0 Å². The highest BCUT2D eigenvalue weighted by molar-refractivity contribution is 7.90. The normalized spacial score (nSPS) is 16.9. The van der Waals surface area contributed by atoms with Crippen LogP contribution in [-0.4, -0.2) is 36.0 Å². The minimum Gasteiger partial charge on any atom is -0.324 e. The Kier molecular flexibility index (Phi) is 5.25. The van der Waals surface area contributed by atoms with Gasteiger partial charge in [-0.1, -0.05) is 12.1 Å². The first-order valence-corrected chi connectivity index (χ1v) is 10.8. The minimum absolute atomic E-state index is 0.0666. The van der Waals surface area contributed by atoms with Gasteiger partial charge in [-0.15, -0.1) is 0 Å². The van der Waals surface area contributed by atoms with Crippen molar-refractivity contribution >= 4 is 27.5 Å². The second-order valence-electron chi connectivity index (χ2n) is 6.92. The van der Waals surface area contributed by atoms with Crippen LogP contribution in [0.5, 0.6) is 0 Å². The Hall–Kier alpha value is -3.67. The number of aliphatic imine (C=N–C) groups is 1. The van der Waals surface area contributed by atoms with Gasteiger partial charge in [-0.2, -0.15) is 18.3 Å². The standard InChI is InChI=1S/C20H16F3N5O3S/c1-12(25-18-15-4-2-3-5-16(15)32(30,31)27-18)19(29)26-13-6-8-14(9-7-13)28-17(10-11-24-28)20(21,22)23/h2-12H,1H3,(H,25,27)(H,26,29)/t12-/m0/s1. The van der Waals surface area contributed by atoms with Gasteiger partial charge in [0.1, 0.15) is 17.6 Å². The molecule has 1 aromatic heterocycles. The molecule has 1 amide bonds. The molecule has 2 N–H and O–H groups in total. The Morgan fingerprint density at radius 1 is 1.12 bits per heavy atom. The number of fused-ring (bicyclic) bond motifs is 1. The van der Waals surface area contributed by atoms with E-state index < -0.39 is 33.8 Å². The largest absolute Gasteiger partial charge is 0.433 e. The molecule has 1 atom stereocenters. The van der Waals surface area contributed by atoms with Crippen molar-refractivity contribution in [3.8, 4) is 5.69 Å². The van der Waals surface area contributed by atoms with Crippen molar-refractivity contribution in [1.82, 2.24) is 14.5 Å². The van der Waals surface area contributed by atoms with Gasteiger partial charge in [0.15, 0.2) is 0 Å². The lowest BCUT2D eigenvalue weighted by Gasteiger charge is -2.12. The first-order valence-electron chi connectivity index (χ1n) is 9.29. The maximum absolute atomic E-state index is 13.0. The van der Waals surface area contributed by atoms with Crippen LogP contribution in [0.3, 0.4) is 0 Å². The molecule has 166 valence electrons. The lowest BCUT2D eigenvalue weighted by Crippen LogP contribution is -2.28. The lowest BCUT2D eigenvalue weighted by atomic mass is 10.2. The van der Waals surface area contributed by atoms with Crippen molar-refractivity contribution in [2.45, 2.75) is 24.0 Å². The summed E-state index contributed by atoms with van der Waals surface area (Å²) >= 11 is 0. The lowest BCUT2D eigenvalue weighted by molar-refractivity contribution is -0.142. The number of hydrogen-bond acceptors (Lipinski definition) is 5. The van der Waals surface area contributed by atoms with Crippen LogP contribution in [0.1, 0.15) is 18.2 Å². The van der Waals surface area contributed by atoms with Gasteiger partial charge in [0, 0.05) is 11.3 Å². The van der Waals surface area contributed by atoms with Gasteiger partial charge in [0.2, 0.25) is 5.91 Å². The van der Waals surface area contributed by atoms with Crippen LogP contribution in [0.4, 0.5) is 18.9 Å². The number of amidine groups is 1. The van der Waals surface area contributed by atoms with Gasteiger partial charge >= 0.3 is 6.18 Å². The number of amides is 1. The van der Waals surface area contributed by atoms with Crippen molar-refractivity contribution in [3.05, 3.63) is 72.1 Å². The number of nitrogens with one attached hydrogen (secondary N) is 2. The summed E-state index contributed by atoms with van der Waals surface area (Å²) in [7, 11) is -3.73. The summed E-state index contributed by atoms with van der Waals surface area (Å²) in [5.74, 6) is -0.458. The molecule has 32 heavy (non-hydrogen) atoms. The van der Waals surface area contributed by atoms with E-state index in [0.717, 1.165) is 16.9 Å². The van der Waals surface area contributed by atoms with Gasteiger partial charge in [-0.05, 0) is 49.4 Å². The molecule has 1 aliphatic rings. The molecule has 0 aliphatic carbocycles. The van der Waals surface area contributed by atoms with E-state index in [1.54, 1.807) is 18.2 Å². The number of alkyl halides is 3. The average Bonchev–Trinajstić information content (AvgIpc) is 3.32. The molecule has 1 aliphatic heterocycles. The summed E-state index contributed by atoms with van der Waals surface area (Å²) < 4.78 is 66.5. The predicted octanol–water partition coefficient (Wildman–Crippen LogP) is 2.96. The molecule has 0 fully saturated rings. The van der Waals surface area contributed by atoms with Crippen molar-refractivity contribution in [3.63, 3.8) is 0 Å². The third-order valence-electron chi connectivity index (χ3n) is 4.68. The molecule has 3 aromatic rings. The second kappa shape index (κ2) is 7.79. The zero-order chi connectivity index (χ0) is 23.1. The molecule has 0 spiro atoms. The number of hydrogen-bond donors (Lipinski definition) is 2. The fourth-order valence-electron chi connectivity index (χ4n) is 3.14. The SMILES string of the molecule is C[C@H](N=C1NS(=O)(=O)c2ccccc21)C(=O)Nc1ccc(-n2nccc2C(F)(F)F)cc1. The molecular formula is C20H16F3N5O3S. The summed E-state index contributed by atoms with van der Waals surface area (Å²) in [6, 6.07) is 11.8. The van der Waals surface area contributed by atoms with Crippen molar-refractivity contribution < 1.29 is 26.4 Å². The maximum atomic E-state index is 13.0. The number of carbonyl (C=O) groups is 1. The monoisotopic (exact) mass is 463 g/mol. The Labute approximate surface area is 180 Å². The molecule has 12 heteroatoms. The minimum atomic E-state index is -4.56. The predicted molar refractivity (Wildman–Crippen MR) is 110 cm³/mol. The van der Waals surface area contributed by atoms with Gasteiger partial charge in [-0.3, -0.25) is 14.5 Å². The molecule has 4 rings (SSSR count). The summed E-state index contributed by atoms with van der Waals surface area (Å²) in [6.07, 6.45) is -3.51. The molecule has 0 radical (unpaired) electrons. The van der Waals surface area contributed by atoms with Crippen LogP contribution in [0, 0.1) is 0 Å². The van der Waals surface area contributed by atoms with E-state index in [2.05, 4.69) is 20.1 Å². The maximum Gasteiger partial charge on any atom is 0.433 e. The fraction of sp³-hybridized carbons (Fsp3) is 0.150. The molecule has 0 saturated heterocycles. The molecule has 2 heterocycles. The van der Waals surface area contributed by atoms with E-state index in [4.69, 9.17) is 0 Å². The highest BCUT2D eigenvalue weighted by Crippen LogP contribution is 2.30. The van der Waals surface area contributed by atoms with Crippen molar-refractivity contribution in [2.24, 2.45) is 4.99 Å². The topological polar surface area (TPSA) is 105 Å². The molecule has 0 bridgehead atoms. The number of carbonyl (C=O) groups excluding carboxylic acids is 1. The summed E-state index contributed by atoms with van der Waals surface area (Å²) in [5.41, 5.74) is -0.0428. The number of aromatic nitrogens is 2. The summed E-state index contributed by atoms with van der Waals surface area (Å²) in [5, 5.41) is 6.30. The number of halogens is 3. The van der Waals surface area contributed by atoms with Gasteiger partial charge in [0.25, 0.3) is 10.0 Å². The third-order valence-corrected chi connectivity index (χ3v) is 6.07. The Morgan fingerprint density at radius 3 is 2.50 bits per heavy atom. The number of sulfonamides is 1. The van der Waals surface area contributed by atoms with Gasteiger partial charge in [0.05, 0.1) is 16.8 Å². The second-order valence-corrected chi connectivity index (χ2v) is 8.57. The van der Waals surface area contributed by atoms with E-state index in [-0.39, 0.29) is 16.4 Å². The average molecular weight is 463 g/mol. The molecular weight excluding hydrogens is 447 g/mol. The van der Waals surface area contributed by atoms with Crippen molar-refractivity contribution in [2.75, 3.05) is 5.32 Å². The molecule has 0 saturated carbocycles. The number of nitrogens with zero attached hydrogens (tertiary/aromatic N) is 3. The van der Waals surface area contributed by atoms with E-state index in [1.165, 1.54) is 37.3 Å². The van der Waals surface area contributed by atoms with Crippen molar-refractivity contribution in [1.29, 1.82) is 0 Å². The zero-order valence-electron chi connectivity index (χ0n) is 16.5. The third kappa shape index (κ3) is 4.08. The Bertz CT molecular complexity index is 1310. The van der Waals surface area contributed by atoms with Gasteiger partial charge in [-0.25, -0.2) is 13.1 Å². The smallest absolute Gasteiger partial charge is 0.324 e. The first-order chi connectivity index (χ1) is 15.1. The van der Waals surface area contributed by atoms with E-state index in [1.807, 2.05) is 0 Å². The number of rotatable bonds is 4. The quantitative estimate of drug-likeness (QED) is 0.621. The van der Waals surface area contributed by atoms with Gasteiger partial charge < -0.3 is 5.32 Å². The number of benzene rings is 2. The fourth-order valence-corrected chi connectivity index (χ4v) is 4.38. The van der Waals surface area contributed by atoms with Crippen LogP contribution >= 0.6 is 0 Å². The van der Waals surface area contributed by atoms with E-state index in [0.29, 0.717) is 11.3 Å². The molecule has 2 aromatic carbocycles. The Balaban J connectivity index is 1.49. The van der Waals surface area contributed by atoms with Crippen LogP contribution < -0.4 is 10.0 Å². The molecule has 0 unspecified atom stereocenters. The van der Waals surface area contributed by atoms with E-state index >= 15 is 0 Å². The first kappa shape index (κ1) is 21.6. The highest BCUT2D eigenvalue weighted by atomic mass is 32.2. The number of anilines is 1. The molecule has 8 nitrogen and oxygen atoms in total. The van der Waals surface area contributed by atoms with Crippen LogP contribution in [0.15, 0.2) is 70.7 Å². The van der Waals surface area contributed by atoms with E-state index in [9.17, 15) is 26.4 Å². The Morgan fingerprint density at radius 2 is 1.81 bits per heavy atom. The summed E-state index contributed by atoms with van der Waals surface area (Å²) in [4.78, 5) is 16.8. The van der Waals surface area contributed by atoms with Crippen LogP contribution in [-0.2, 0) is 21.0 Å². The zero-order valence-corrected chi connectivity index (χ0v) is 17.3. The highest BCUT2D eigenvalue weighted by Gasteiger charge is 2.35.